The first-order chi connectivity index (χ1) is 18.2. The fourth-order valence-corrected chi connectivity index (χ4v) is 5.71. The van der Waals surface area contributed by atoms with Gasteiger partial charge in [0.2, 0.25) is 5.95 Å². The number of likely N-dealkylation sites (N-methyl/N-ethyl adjacent to an activating group) is 1. The minimum absolute atomic E-state index is 0.187. The molecule has 38 heavy (non-hydrogen) atoms. The molecule has 3 N–H and O–H groups in total. The van der Waals surface area contributed by atoms with Crippen LogP contribution in [-0.4, -0.2) is 55.9 Å². The van der Waals surface area contributed by atoms with Crippen molar-refractivity contribution in [1.82, 2.24) is 15.3 Å². The predicted octanol–water partition coefficient (Wildman–Crippen LogP) is 5.39. The van der Waals surface area contributed by atoms with E-state index in [4.69, 9.17) is 16.3 Å². The zero-order valence-corrected chi connectivity index (χ0v) is 23.7. The van der Waals surface area contributed by atoms with E-state index in [0.29, 0.717) is 35.7 Å². The Morgan fingerprint density at radius 2 is 1.92 bits per heavy atom. The second-order valence-corrected chi connectivity index (χ2v) is 12.2. The van der Waals surface area contributed by atoms with E-state index in [9.17, 15) is 8.42 Å². The van der Waals surface area contributed by atoms with Crippen molar-refractivity contribution in [3.63, 3.8) is 0 Å². The quantitative estimate of drug-likeness (QED) is 0.285. The number of aromatic nitrogens is 2. The second-order valence-electron chi connectivity index (χ2n) is 9.33. The molecule has 1 saturated heterocycles. The number of hydrogen-bond acceptors (Lipinski definition) is 9. The van der Waals surface area contributed by atoms with Crippen LogP contribution in [0.5, 0.6) is 5.75 Å². The molecule has 0 saturated carbocycles. The van der Waals surface area contributed by atoms with Crippen LogP contribution in [0, 0.1) is 0 Å². The molecule has 1 aliphatic heterocycles. The Labute approximate surface area is 229 Å². The SMILES string of the molecule is CCN[C@@H]1CCN(c2ccc(Nc3ncc(Cl)c(Nc4ccccc4S(=O)(=O)C(C)C)n3)c(OCC)c2)C1. The average Bonchev–Trinajstić information content (AvgIpc) is 3.36. The van der Waals surface area contributed by atoms with E-state index >= 15 is 0 Å². The van der Waals surface area contributed by atoms with E-state index in [0.717, 1.165) is 31.7 Å². The lowest BCUT2D eigenvalue weighted by molar-refractivity contribution is 0.342. The molecule has 1 atom stereocenters. The smallest absolute Gasteiger partial charge is 0.229 e. The molecule has 1 aliphatic rings. The van der Waals surface area contributed by atoms with E-state index in [1.807, 2.05) is 19.1 Å². The van der Waals surface area contributed by atoms with Crippen LogP contribution in [0.3, 0.4) is 0 Å². The molecule has 0 bridgehead atoms. The molecule has 0 unspecified atom stereocenters. The number of halogens is 1. The Hall–Kier alpha value is -3.08. The monoisotopic (exact) mass is 558 g/mol. The summed E-state index contributed by atoms with van der Waals surface area (Å²) >= 11 is 6.39. The molecule has 1 fully saturated rings. The number of para-hydroxylation sites is 1. The molecule has 0 radical (unpaired) electrons. The van der Waals surface area contributed by atoms with E-state index in [1.165, 1.54) is 6.20 Å². The third-order valence-electron chi connectivity index (χ3n) is 6.37. The van der Waals surface area contributed by atoms with Crippen molar-refractivity contribution >= 4 is 50.3 Å². The lowest BCUT2D eigenvalue weighted by Gasteiger charge is -2.21. The van der Waals surface area contributed by atoms with Crippen molar-refractivity contribution in [2.45, 2.75) is 50.3 Å². The minimum Gasteiger partial charge on any atom is -0.492 e. The number of hydrogen-bond donors (Lipinski definition) is 3. The van der Waals surface area contributed by atoms with Gasteiger partial charge in [-0.1, -0.05) is 30.7 Å². The van der Waals surface area contributed by atoms with Gasteiger partial charge >= 0.3 is 0 Å². The van der Waals surface area contributed by atoms with Crippen LogP contribution in [0.4, 0.5) is 28.8 Å². The Bertz CT molecular complexity index is 1370. The van der Waals surface area contributed by atoms with Crippen LogP contribution in [0.2, 0.25) is 5.02 Å². The van der Waals surface area contributed by atoms with Gasteiger partial charge < -0.3 is 25.6 Å². The van der Waals surface area contributed by atoms with Gasteiger partial charge in [0.05, 0.1) is 34.3 Å². The van der Waals surface area contributed by atoms with Crippen molar-refractivity contribution in [2.75, 3.05) is 41.8 Å². The molecule has 9 nitrogen and oxygen atoms in total. The minimum atomic E-state index is -3.52. The summed E-state index contributed by atoms with van der Waals surface area (Å²) in [5.41, 5.74) is 2.21. The number of benzene rings is 2. The van der Waals surface area contributed by atoms with Crippen molar-refractivity contribution in [3.8, 4) is 5.75 Å². The van der Waals surface area contributed by atoms with Gasteiger partial charge in [0.15, 0.2) is 15.7 Å². The largest absolute Gasteiger partial charge is 0.492 e. The molecule has 2 heterocycles. The zero-order valence-electron chi connectivity index (χ0n) is 22.2. The third-order valence-corrected chi connectivity index (χ3v) is 8.86. The molecule has 11 heteroatoms. The number of nitrogens with zero attached hydrogens (tertiary/aromatic N) is 3. The fourth-order valence-electron chi connectivity index (χ4n) is 4.37. The number of ether oxygens (including phenoxy) is 1. The second kappa shape index (κ2) is 12.2. The molecule has 2 aromatic carbocycles. The summed E-state index contributed by atoms with van der Waals surface area (Å²) in [5.74, 6) is 1.28. The summed E-state index contributed by atoms with van der Waals surface area (Å²) in [7, 11) is -3.52. The summed E-state index contributed by atoms with van der Waals surface area (Å²) in [6.45, 7) is 10.8. The van der Waals surface area contributed by atoms with Gasteiger partial charge in [0.1, 0.15) is 10.8 Å². The van der Waals surface area contributed by atoms with Crippen LogP contribution < -0.4 is 25.6 Å². The van der Waals surface area contributed by atoms with Crippen molar-refractivity contribution in [3.05, 3.63) is 53.7 Å². The van der Waals surface area contributed by atoms with Gasteiger partial charge in [0.25, 0.3) is 0 Å². The summed E-state index contributed by atoms with van der Waals surface area (Å²) in [5, 5.41) is 9.52. The lowest BCUT2D eigenvalue weighted by atomic mass is 10.2. The highest BCUT2D eigenvalue weighted by Crippen LogP contribution is 2.34. The summed E-state index contributed by atoms with van der Waals surface area (Å²) in [4.78, 5) is 11.4. The van der Waals surface area contributed by atoms with E-state index in [2.05, 4.69) is 43.8 Å². The van der Waals surface area contributed by atoms with Gasteiger partial charge in [-0.3, -0.25) is 0 Å². The molecule has 0 aliphatic carbocycles. The van der Waals surface area contributed by atoms with Gasteiger partial charge in [0, 0.05) is 30.9 Å². The summed E-state index contributed by atoms with van der Waals surface area (Å²) < 4.78 is 31.7. The highest BCUT2D eigenvalue weighted by atomic mass is 35.5. The average molecular weight is 559 g/mol. The van der Waals surface area contributed by atoms with Gasteiger partial charge in [-0.2, -0.15) is 4.98 Å². The summed E-state index contributed by atoms with van der Waals surface area (Å²) in [6.07, 6.45) is 2.58. The van der Waals surface area contributed by atoms with Gasteiger partial charge in [-0.05, 0) is 58.0 Å². The van der Waals surface area contributed by atoms with Crippen LogP contribution >= 0.6 is 11.6 Å². The third kappa shape index (κ3) is 6.31. The molecule has 0 spiro atoms. The maximum atomic E-state index is 12.9. The standard InChI is InChI=1S/C27H35ClN6O3S/c1-5-29-19-13-14-34(17-19)20-11-12-22(24(15-20)37-6-2)32-27-30-16-21(28)26(33-27)31-23-9-7-8-10-25(23)38(35,36)18(3)4/h7-12,15-16,18-19,29H,5-6,13-14,17H2,1-4H3,(H2,30,31,32,33)/t19-/m1/s1. The zero-order chi connectivity index (χ0) is 27.3. The molecule has 204 valence electrons. The van der Waals surface area contributed by atoms with Crippen LogP contribution in [0.25, 0.3) is 0 Å². The first-order valence-electron chi connectivity index (χ1n) is 12.9. The maximum Gasteiger partial charge on any atom is 0.229 e. The highest BCUT2D eigenvalue weighted by Gasteiger charge is 2.24. The molecule has 4 rings (SSSR count). The normalized spacial score (nSPS) is 15.6. The first-order valence-corrected chi connectivity index (χ1v) is 14.8. The van der Waals surface area contributed by atoms with Gasteiger partial charge in [-0.15, -0.1) is 0 Å². The Morgan fingerprint density at radius 1 is 1.13 bits per heavy atom. The fraction of sp³-hybridized carbons (Fsp3) is 0.407. The Morgan fingerprint density at radius 3 is 2.66 bits per heavy atom. The van der Waals surface area contributed by atoms with Crippen molar-refractivity contribution < 1.29 is 13.2 Å². The molecular formula is C27H35ClN6O3S. The van der Waals surface area contributed by atoms with Gasteiger partial charge in [-0.25, -0.2) is 13.4 Å². The topological polar surface area (TPSA) is 108 Å². The molecule has 0 amide bonds. The lowest BCUT2D eigenvalue weighted by Crippen LogP contribution is -2.32. The number of nitrogens with one attached hydrogen (secondary N) is 3. The van der Waals surface area contributed by atoms with E-state index in [1.54, 1.807) is 38.1 Å². The first kappa shape index (κ1) is 27.9. The molecule has 1 aromatic heterocycles. The number of anilines is 5. The van der Waals surface area contributed by atoms with Crippen molar-refractivity contribution in [1.29, 1.82) is 0 Å². The Balaban J connectivity index is 1.58. The number of rotatable bonds is 11. The predicted molar refractivity (Wildman–Crippen MR) is 154 cm³/mol. The van der Waals surface area contributed by atoms with Crippen LogP contribution in [-0.2, 0) is 9.84 Å². The van der Waals surface area contributed by atoms with Crippen LogP contribution in [0.1, 0.15) is 34.1 Å². The summed E-state index contributed by atoms with van der Waals surface area (Å²) in [6, 6.07) is 13.2. The molecule has 3 aromatic rings. The highest BCUT2D eigenvalue weighted by molar-refractivity contribution is 7.92. The number of sulfone groups is 1. The van der Waals surface area contributed by atoms with Crippen LogP contribution in [0.15, 0.2) is 53.6 Å². The Kier molecular flexibility index (Phi) is 8.96. The van der Waals surface area contributed by atoms with Crippen molar-refractivity contribution in [2.24, 2.45) is 0 Å². The van der Waals surface area contributed by atoms with E-state index in [-0.39, 0.29) is 15.7 Å². The van der Waals surface area contributed by atoms with E-state index < -0.39 is 15.1 Å². The maximum absolute atomic E-state index is 12.9. The molecular weight excluding hydrogens is 524 g/mol.